The first kappa shape index (κ1) is 24.1. The van der Waals surface area contributed by atoms with Gasteiger partial charge in [0, 0.05) is 41.9 Å². The van der Waals surface area contributed by atoms with E-state index >= 15 is 0 Å². The summed E-state index contributed by atoms with van der Waals surface area (Å²) in [5.74, 6) is -1.58. The standard InChI is InChI=1S/C27H19ClF2N6O2/c1-38-27(37)36-7-5-21-15(13-36)9-24(35-34-21)14-8-25-23(32-12-14)3-2-22(33-25)16-4-6-31-26(16)17-10-18(28)20(30)11-19(17)29/h2-4,8-12H,5-7,13H2,1H3. The van der Waals surface area contributed by atoms with Crippen molar-refractivity contribution in [2.45, 2.75) is 13.0 Å². The molecule has 2 aliphatic rings. The number of hydrogen-bond donors (Lipinski definition) is 0. The number of fused-ring (bicyclic) bond motifs is 2. The van der Waals surface area contributed by atoms with Gasteiger partial charge in [0.1, 0.15) is 11.6 Å². The van der Waals surface area contributed by atoms with Crippen LogP contribution in [0.5, 0.6) is 0 Å². The quantitative estimate of drug-likeness (QED) is 0.344. The first-order chi connectivity index (χ1) is 18.4. The SMILES string of the molecule is COC(=O)N1CCc2nnc(-c3cnc4ccc(C5=CCN=C5c5cc(Cl)c(F)cc5F)nc4c3)cc2C1. The molecule has 0 atom stereocenters. The van der Waals surface area contributed by atoms with Crippen molar-refractivity contribution < 1.29 is 18.3 Å². The Kier molecular flexibility index (Phi) is 6.03. The monoisotopic (exact) mass is 532 g/mol. The Morgan fingerprint density at radius 1 is 1.05 bits per heavy atom. The van der Waals surface area contributed by atoms with Gasteiger partial charge in [0.2, 0.25) is 0 Å². The van der Waals surface area contributed by atoms with E-state index in [9.17, 15) is 13.6 Å². The number of ether oxygens (including phenoxy) is 1. The molecule has 11 heteroatoms. The molecular formula is C27H19ClF2N6O2. The smallest absolute Gasteiger partial charge is 0.409 e. The zero-order valence-electron chi connectivity index (χ0n) is 20.1. The number of halogens is 3. The maximum absolute atomic E-state index is 14.6. The van der Waals surface area contributed by atoms with E-state index in [1.165, 1.54) is 13.2 Å². The van der Waals surface area contributed by atoms with E-state index in [0.717, 1.165) is 17.3 Å². The molecule has 0 N–H and O–H groups in total. The molecule has 38 heavy (non-hydrogen) atoms. The number of benzene rings is 1. The van der Waals surface area contributed by atoms with Crippen molar-refractivity contribution in [1.82, 2.24) is 25.1 Å². The highest BCUT2D eigenvalue weighted by Gasteiger charge is 2.24. The zero-order chi connectivity index (χ0) is 26.4. The predicted octanol–water partition coefficient (Wildman–Crippen LogP) is 5.03. The van der Waals surface area contributed by atoms with Gasteiger partial charge in [0.05, 0.1) is 59.0 Å². The third-order valence-electron chi connectivity index (χ3n) is 6.55. The maximum Gasteiger partial charge on any atom is 0.409 e. The number of pyridine rings is 2. The van der Waals surface area contributed by atoms with Gasteiger partial charge >= 0.3 is 6.09 Å². The lowest BCUT2D eigenvalue weighted by Crippen LogP contribution is -2.36. The number of aliphatic imine (C=N–C) groups is 1. The van der Waals surface area contributed by atoms with Crippen molar-refractivity contribution in [2.75, 3.05) is 20.2 Å². The summed E-state index contributed by atoms with van der Waals surface area (Å²) in [7, 11) is 1.36. The van der Waals surface area contributed by atoms with Crippen molar-refractivity contribution in [1.29, 1.82) is 0 Å². The Morgan fingerprint density at radius 2 is 1.92 bits per heavy atom. The number of allylic oxidation sites excluding steroid dienone is 1. The molecule has 0 radical (unpaired) electrons. The molecule has 8 nitrogen and oxygen atoms in total. The van der Waals surface area contributed by atoms with E-state index in [0.29, 0.717) is 65.3 Å². The number of nitrogens with zero attached hydrogens (tertiary/aromatic N) is 6. The largest absolute Gasteiger partial charge is 0.453 e. The number of methoxy groups -OCH3 is 1. The van der Waals surface area contributed by atoms with Crippen LogP contribution in [0.15, 0.2) is 53.7 Å². The molecule has 0 fully saturated rings. The fourth-order valence-electron chi connectivity index (χ4n) is 4.62. The lowest BCUT2D eigenvalue weighted by molar-refractivity contribution is 0.118. The summed E-state index contributed by atoms with van der Waals surface area (Å²) >= 11 is 5.91. The number of carbonyl (C=O) groups excluding carboxylic acids is 1. The minimum Gasteiger partial charge on any atom is -0.453 e. The normalized spacial score (nSPS) is 14.8. The molecule has 190 valence electrons. The molecule has 0 aliphatic carbocycles. The van der Waals surface area contributed by atoms with Gasteiger partial charge in [0.15, 0.2) is 0 Å². The van der Waals surface area contributed by atoms with Crippen LogP contribution >= 0.6 is 11.6 Å². The number of aromatic nitrogens is 4. The molecule has 1 amide bonds. The molecule has 0 bridgehead atoms. The fraction of sp³-hybridized carbons (Fsp3) is 0.185. The molecule has 6 rings (SSSR count). The second-order valence-corrected chi connectivity index (χ2v) is 9.26. The molecular weight excluding hydrogens is 514 g/mol. The van der Waals surface area contributed by atoms with Gasteiger partial charge in [-0.2, -0.15) is 10.2 Å². The van der Waals surface area contributed by atoms with Gasteiger partial charge in [-0.25, -0.2) is 18.6 Å². The number of hydrogen-bond acceptors (Lipinski definition) is 7. The maximum atomic E-state index is 14.6. The average Bonchev–Trinajstić information content (AvgIpc) is 3.43. The second-order valence-electron chi connectivity index (χ2n) is 8.86. The van der Waals surface area contributed by atoms with Crippen LogP contribution < -0.4 is 0 Å². The highest BCUT2D eigenvalue weighted by molar-refractivity contribution is 6.35. The molecule has 1 aromatic carbocycles. The molecule has 0 spiro atoms. The molecule has 0 saturated carbocycles. The van der Waals surface area contributed by atoms with Crippen LogP contribution in [0.2, 0.25) is 5.02 Å². The topological polar surface area (TPSA) is 93.5 Å². The fourth-order valence-corrected chi connectivity index (χ4v) is 4.79. The highest BCUT2D eigenvalue weighted by Crippen LogP contribution is 2.30. The van der Waals surface area contributed by atoms with Crippen LogP contribution in [0, 0.1) is 11.6 Å². The minimum atomic E-state index is -0.831. The van der Waals surface area contributed by atoms with Gasteiger partial charge in [0.25, 0.3) is 0 Å². The van der Waals surface area contributed by atoms with Crippen LogP contribution in [0.25, 0.3) is 27.9 Å². The first-order valence-corrected chi connectivity index (χ1v) is 12.1. The van der Waals surface area contributed by atoms with E-state index in [1.54, 1.807) is 17.2 Å². The van der Waals surface area contributed by atoms with Gasteiger partial charge in [-0.3, -0.25) is 9.98 Å². The predicted molar refractivity (Wildman–Crippen MR) is 138 cm³/mol. The zero-order valence-corrected chi connectivity index (χ0v) is 20.8. The molecule has 2 aliphatic heterocycles. The number of amides is 1. The third-order valence-corrected chi connectivity index (χ3v) is 6.84. The molecule has 0 saturated heterocycles. The van der Waals surface area contributed by atoms with Crippen LogP contribution in [-0.4, -0.2) is 57.1 Å². The van der Waals surface area contributed by atoms with Crippen LogP contribution in [0.4, 0.5) is 13.6 Å². The summed E-state index contributed by atoms with van der Waals surface area (Å²) < 4.78 is 33.2. The van der Waals surface area contributed by atoms with Gasteiger partial charge in [-0.05, 0) is 35.9 Å². The van der Waals surface area contributed by atoms with Crippen LogP contribution in [0.1, 0.15) is 22.5 Å². The molecule has 5 heterocycles. The van der Waals surface area contributed by atoms with Gasteiger partial charge in [-0.1, -0.05) is 17.7 Å². The summed E-state index contributed by atoms with van der Waals surface area (Å²) in [6.45, 7) is 1.24. The summed E-state index contributed by atoms with van der Waals surface area (Å²) in [4.78, 5) is 27.3. The Hall–Kier alpha value is -4.31. The average molecular weight is 533 g/mol. The molecule has 0 unspecified atom stereocenters. The third kappa shape index (κ3) is 4.26. The van der Waals surface area contributed by atoms with E-state index < -0.39 is 11.6 Å². The highest BCUT2D eigenvalue weighted by atomic mass is 35.5. The Bertz CT molecular complexity index is 1690. The van der Waals surface area contributed by atoms with Gasteiger partial charge in [-0.15, -0.1) is 0 Å². The first-order valence-electron chi connectivity index (χ1n) is 11.8. The Morgan fingerprint density at radius 3 is 2.76 bits per heavy atom. The van der Waals surface area contributed by atoms with E-state index in [2.05, 4.69) is 20.2 Å². The van der Waals surface area contributed by atoms with Crippen LogP contribution in [-0.2, 0) is 17.7 Å². The summed E-state index contributed by atoms with van der Waals surface area (Å²) in [5, 5.41) is 8.55. The van der Waals surface area contributed by atoms with Crippen LogP contribution in [0.3, 0.4) is 0 Å². The minimum absolute atomic E-state index is 0.110. The van der Waals surface area contributed by atoms with Crippen molar-refractivity contribution in [2.24, 2.45) is 4.99 Å². The Labute approximate surface area is 220 Å². The van der Waals surface area contributed by atoms with E-state index in [1.807, 2.05) is 24.3 Å². The van der Waals surface area contributed by atoms with Crippen molar-refractivity contribution >= 4 is 40.0 Å². The van der Waals surface area contributed by atoms with Crippen molar-refractivity contribution in [3.8, 4) is 11.3 Å². The van der Waals surface area contributed by atoms with Crippen molar-refractivity contribution in [3.05, 3.63) is 87.8 Å². The van der Waals surface area contributed by atoms with Gasteiger partial charge < -0.3 is 9.64 Å². The lowest BCUT2D eigenvalue weighted by Gasteiger charge is -2.26. The number of carbonyl (C=O) groups is 1. The molecule has 4 aromatic rings. The lowest BCUT2D eigenvalue weighted by atomic mass is 9.99. The van der Waals surface area contributed by atoms with Crippen molar-refractivity contribution in [3.63, 3.8) is 0 Å². The second kappa shape index (κ2) is 9.53. The summed E-state index contributed by atoms with van der Waals surface area (Å²) in [6.07, 6.45) is 3.74. The summed E-state index contributed by atoms with van der Waals surface area (Å²) in [6, 6.07) is 9.34. The number of rotatable bonds is 3. The van der Waals surface area contributed by atoms with E-state index in [-0.39, 0.29) is 16.7 Å². The summed E-state index contributed by atoms with van der Waals surface area (Å²) in [5.41, 5.74) is 5.96. The Balaban J connectivity index is 1.34. The molecule has 3 aromatic heterocycles. The van der Waals surface area contributed by atoms with E-state index in [4.69, 9.17) is 21.3 Å².